The number of aliphatic hydroxyl groups excluding tert-OH is 3. The maximum atomic E-state index is 11.3. The van der Waals surface area contributed by atoms with E-state index in [1.807, 2.05) is 6.20 Å². The van der Waals surface area contributed by atoms with Crippen LogP contribution in [0, 0.1) is 23.2 Å². The molecular weight excluding hydrogens is 494 g/mol. The molecular formula is C36H51NO3. The van der Waals surface area contributed by atoms with Gasteiger partial charge in [0.05, 0.1) is 18.3 Å². The topological polar surface area (TPSA) is 73.6 Å². The van der Waals surface area contributed by atoms with E-state index in [1.54, 1.807) is 0 Å². The van der Waals surface area contributed by atoms with E-state index < -0.39 is 18.3 Å². The van der Waals surface area contributed by atoms with Gasteiger partial charge in [0.2, 0.25) is 0 Å². The van der Waals surface area contributed by atoms with E-state index in [0.717, 1.165) is 42.5 Å². The Morgan fingerprint density at radius 1 is 1.12 bits per heavy atom. The fraction of sp³-hybridized carbons (Fsp3) is 0.639. The summed E-state index contributed by atoms with van der Waals surface area (Å²) in [5.74, 6) is 1.57. The van der Waals surface area contributed by atoms with E-state index in [1.165, 1.54) is 49.7 Å². The Morgan fingerprint density at radius 3 is 2.62 bits per heavy atom. The number of aryl methyl sites for hydroxylation is 1. The molecule has 0 aromatic carbocycles. The third-order valence-corrected chi connectivity index (χ3v) is 11.0. The van der Waals surface area contributed by atoms with Gasteiger partial charge in [0.1, 0.15) is 0 Å². The Bertz CT molecular complexity index is 1140. The summed E-state index contributed by atoms with van der Waals surface area (Å²) in [6.07, 6.45) is 21.6. The average Bonchev–Trinajstić information content (AvgIpc) is 3.67. The molecule has 4 heteroatoms. The zero-order valence-corrected chi connectivity index (χ0v) is 25.0. The van der Waals surface area contributed by atoms with Gasteiger partial charge in [-0.25, -0.2) is 0 Å². The lowest BCUT2D eigenvalue weighted by atomic mass is 9.61. The number of aliphatic hydroxyl groups is 3. The molecule has 1 aromatic heterocycles. The van der Waals surface area contributed by atoms with Crippen LogP contribution in [0.3, 0.4) is 0 Å². The van der Waals surface area contributed by atoms with E-state index in [0.29, 0.717) is 30.6 Å². The lowest BCUT2D eigenvalue weighted by molar-refractivity contribution is 0.0862. The van der Waals surface area contributed by atoms with Crippen molar-refractivity contribution in [3.05, 3.63) is 77.2 Å². The van der Waals surface area contributed by atoms with Gasteiger partial charge in [0.15, 0.2) is 0 Å². The first-order chi connectivity index (χ1) is 19.2. The predicted molar refractivity (Wildman–Crippen MR) is 163 cm³/mol. The highest BCUT2D eigenvalue weighted by Crippen LogP contribution is 2.60. The summed E-state index contributed by atoms with van der Waals surface area (Å²) in [6.45, 7) is 11.1. The quantitative estimate of drug-likeness (QED) is 0.288. The number of aromatic nitrogens is 1. The highest BCUT2D eigenvalue weighted by atomic mass is 16.3. The second-order valence-electron chi connectivity index (χ2n) is 13.7. The summed E-state index contributed by atoms with van der Waals surface area (Å²) in [7, 11) is 0. The van der Waals surface area contributed by atoms with Crippen molar-refractivity contribution in [2.24, 2.45) is 23.2 Å². The second-order valence-corrected chi connectivity index (χ2v) is 13.7. The molecule has 5 rings (SSSR count). The molecule has 4 aliphatic rings. The molecule has 0 unspecified atom stereocenters. The Labute approximate surface area is 242 Å². The van der Waals surface area contributed by atoms with Crippen LogP contribution in [0.2, 0.25) is 0 Å². The van der Waals surface area contributed by atoms with Crippen molar-refractivity contribution in [2.45, 2.75) is 122 Å². The maximum Gasteiger partial charge on any atom is 0.0832 e. The van der Waals surface area contributed by atoms with Crippen molar-refractivity contribution >= 4 is 0 Å². The van der Waals surface area contributed by atoms with Gasteiger partial charge in [-0.05, 0) is 110 Å². The fourth-order valence-corrected chi connectivity index (χ4v) is 8.29. The highest BCUT2D eigenvalue weighted by molar-refractivity contribution is 5.39. The zero-order chi connectivity index (χ0) is 28.5. The van der Waals surface area contributed by atoms with Crippen LogP contribution < -0.4 is 0 Å². The summed E-state index contributed by atoms with van der Waals surface area (Å²) in [6, 6.07) is 4.35. The standard InChI is InChI=1S/C36H51NO3/c1-5-6-8-26-11-16-33(37-23-26)36(19-20-36)34(40)17-10-24(2)30-14-15-31-27(9-7-18-35(30,31)4)12-13-28-21-29(38)22-32(39)25(28)3/h10-13,16-17,23-24,29-32,34,38-40H,3,5-9,14-15,18-22H2,1-2,4H3/b17-10+,27-12+,28-13-/t24-,29-,30-,31+,32+,34+,35-/m1/s1. The third kappa shape index (κ3) is 5.82. The first kappa shape index (κ1) is 29.5. The summed E-state index contributed by atoms with van der Waals surface area (Å²) in [4.78, 5) is 4.79. The van der Waals surface area contributed by atoms with Gasteiger partial charge in [0, 0.05) is 23.7 Å². The molecule has 1 aromatic rings. The molecule has 40 heavy (non-hydrogen) atoms. The van der Waals surface area contributed by atoms with Gasteiger partial charge in [-0.3, -0.25) is 4.98 Å². The smallest absolute Gasteiger partial charge is 0.0832 e. The Balaban J connectivity index is 1.25. The molecule has 1 heterocycles. The molecule has 4 nitrogen and oxygen atoms in total. The van der Waals surface area contributed by atoms with Crippen LogP contribution in [-0.2, 0) is 11.8 Å². The summed E-state index contributed by atoms with van der Waals surface area (Å²) < 4.78 is 0. The van der Waals surface area contributed by atoms with E-state index >= 15 is 0 Å². The monoisotopic (exact) mass is 545 g/mol. The number of allylic oxidation sites excluding steroid dienone is 4. The van der Waals surface area contributed by atoms with Crippen LogP contribution >= 0.6 is 0 Å². The molecule has 218 valence electrons. The summed E-state index contributed by atoms with van der Waals surface area (Å²) in [5.41, 5.74) is 5.66. The number of pyridine rings is 1. The van der Waals surface area contributed by atoms with E-state index in [4.69, 9.17) is 4.98 Å². The van der Waals surface area contributed by atoms with Crippen LogP contribution in [0.4, 0.5) is 0 Å². The molecule has 0 aliphatic heterocycles. The highest BCUT2D eigenvalue weighted by Gasteiger charge is 2.52. The van der Waals surface area contributed by atoms with Gasteiger partial charge in [-0.15, -0.1) is 0 Å². The van der Waals surface area contributed by atoms with Crippen LogP contribution in [-0.4, -0.2) is 38.6 Å². The lowest BCUT2D eigenvalue weighted by Crippen LogP contribution is -2.35. The minimum Gasteiger partial charge on any atom is -0.393 e. The lowest BCUT2D eigenvalue weighted by Gasteiger charge is -2.44. The normalized spacial score (nSPS) is 35.3. The zero-order valence-electron chi connectivity index (χ0n) is 25.0. The molecule has 0 saturated heterocycles. The Hall–Kier alpha value is -2.01. The Morgan fingerprint density at radius 2 is 1.93 bits per heavy atom. The van der Waals surface area contributed by atoms with E-state index in [9.17, 15) is 15.3 Å². The van der Waals surface area contributed by atoms with Crippen LogP contribution in [0.15, 0.2) is 65.9 Å². The third-order valence-electron chi connectivity index (χ3n) is 11.0. The van der Waals surface area contributed by atoms with Gasteiger partial charge >= 0.3 is 0 Å². The number of hydrogen-bond acceptors (Lipinski definition) is 4. The Kier molecular flexibility index (Phi) is 8.90. The molecule has 3 N–H and O–H groups in total. The summed E-state index contributed by atoms with van der Waals surface area (Å²) >= 11 is 0. The van der Waals surface area contributed by atoms with E-state index in [-0.39, 0.29) is 10.8 Å². The number of nitrogens with zero attached hydrogens (tertiary/aromatic N) is 1. The van der Waals surface area contributed by atoms with Crippen molar-refractivity contribution in [3.63, 3.8) is 0 Å². The average molecular weight is 546 g/mol. The van der Waals surface area contributed by atoms with Gasteiger partial charge in [-0.1, -0.05) is 69.7 Å². The van der Waals surface area contributed by atoms with Gasteiger partial charge in [0.25, 0.3) is 0 Å². The van der Waals surface area contributed by atoms with Crippen molar-refractivity contribution in [3.8, 4) is 0 Å². The van der Waals surface area contributed by atoms with Crippen molar-refractivity contribution in [2.75, 3.05) is 0 Å². The largest absolute Gasteiger partial charge is 0.393 e. The maximum absolute atomic E-state index is 11.3. The molecule has 0 bridgehead atoms. The van der Waals surface area contributed by atoms with Crippen molar-refractivity contribution in [1.29, 1.82) is 0 Å². The molecule has 4 aliphatic carbocycles. The van der Waals surface area contributed by atoms with Gasteiger partial charge < -0.3 is 15.3 Å². The molecule has 4 saturated carbocycles. The van der Waals surface area contributed by atoms with Crippen LogP contribution in [0.25, 0.3) is 0 Å². The van der Waals surface area contributed by atoms with Crippen LogP contribution in [0.5, 0.6) is 0 Å². The second kappa shape index (κ2) is 12.1. The van der Waals surface area contributed by atoms with Crippen molar-refractivity contribution < 1.29 is 15.3 Å². The SMILES string of the molecule is C=C1/C(=C\C=C2/CCC[C@]3(C)[C@@H]([C@H](C)/C=C/[C@H](O)C4(c5ccc(CCCC)cn5)CC4)CC[C@@H]23)C[C@@H](O)C[C@@H]1O. The van der Waals surface area contributed by atoms with Crippen LogP contribution in [0.1, 0.15) is 103 Å². The molecule has 4 fully saturated rings. The van der Waals surface area contributed by atoms with Crippen molar-refractivity contribution in [1.82, 2.24) is 4.98 Å². The molecule has 0 amide bonds. The predicted octanol–water partition coefficient (Wildman–Crippen LogP) is 7.15. The molecule has 0 spiro atoms. The summed E-state index contributed by atoms with van der Waals surface area (Å²) in [5, 5.41) is 31.7. The molecule has 7 atom stereocenters. The number of fused-ring (bicyclic) bond motifs is 1. The first-order valence-corrected chi connectivity index (χ1v) is 15.9. The molecule has 0 radical (unpaired) electrons. The first-order valence-electron chi connectivity index (χ1n) is 15.9. The van der Waals surface area contributed by atoms with Gasteiger partial charge in [-0.2, -0.15) is 0 Å². The minimum atomic E-state index is -0.639. The number of unbranched alkanes of at least 4 members (excludes halogenated alkanes) is 1. The number of rotatable bonds is 9. The fourth-order valence-electron chi connectivity index (χ4n) is 8.29. The number of hydrogen-bond donors (Lipinski definition) is 3. The minimum absolute atomic E-state index is 0.208. The van der Waals surface area contributed by atoms with E-state index in [2.05, 4.69) is 63.8 Å².